The van der Waals surface area contributed by atoms with Gasteiger partial charge in [-0.05, 0) is 137 Å². The zero-order valence-corrected chi connectivity index (χ0v) is 42.8. The van der Waals surface area contributed by atoms with E-state index in [9.17, 15) is 0 Å². The van der Waals surface area contributed by atoms with Crippen LogP contribution < -0.4 is 4.90 Å². The van der Waals surface area contributed by atoms with Crippen molar-refractivity contribution < 1.29 is 4.42 Å². The number of hydrogen-bond donors (Lipinski definition) is 0. The Kier molecular flexibility index (Phi) is 9.09. The lowest BCUT2D eigenvalue weighted by Crippen LogP contribution is -2.28. The maximum atomic E-state index is 7.10. The Morgan fingerprint density at radius 3 is 1.58 bits per heavy atom. The minimum atomic E-state index is -0.489. The van der Waals surface area contributed by atoms with Crippen molar-refractivity contribution in [1.82, 2.24) is 0 Å². The van der Waals surface area contributed by atoms with Crippen LogP contribution >= 0.6 is 0 Å². The molecule has 0 spiro atoms. The fraction of sp³-hybridized carbons (Fsp3) is 0.217. The van der Waals surface area contributed by atoms with Crippen molar-refractivity contribution in [1.29, 1.82) is 0 Å². The molecule has 2 nitrogen and oxygen atoms in total. The highest BCUT2D eigenvalue weighted by molar-refractivity contribution is 6.10. The number of hydrogen-bond acceptors (Lipinski definition) is 2. The summed E-state index contributed by atoms with van der Waals surface area (Å²) in [7, 11) is 0. The van der Waals surface area contributed by atoms with E-state index >= 15 is 0 Å². The van der Waals surface area contributed by atoms with E-state index in [1.54, 1.807) is 0 Å². The maximum absolute atomic E-state index is 7.10. The molecule has 2 heteroatoms. The molecule has 0 N–H and O–H groups in total. The van der Waals surface area contributed by atoms with Crippen LogP contribution in [0.3, 0.4) is 0 Å². The summed E-state index contributed by atoms with van der Waals surface area (Å²) >= 11 is 0. The van der Waals surface area contributed by atoms with Gasteiger partial charge in [-0.2, -0.15) is 0 Å². The summed E-state index contributed by atoms with van der Waals surface area (Å²) in [6, 6.07) is 71.4. The summed E-state index contributed by atoms with van der Waals surface area (Å²) in [6.45, 7) is 23.4. The molecule has 3 aliphatic rings. The number of anilines is 3. The lowest BCUT2D eigenvalue weighted by atomic mass is 9.68. The van der Waals surface area contributed by atoms with E-state index in [-0.39, 0.29) is 21.7 Å². The average molecular weight is 920 g/mol. The van der Waals surface area contributed by atoms with Gasteiger partial charge in [-0.3, -0.25) is 0 Å². The second-order valence-corrected chi connectivity index (χ2v) is 23.7. The average Bonchev–Trinajstić information content (AvgIpc) is 4.02. The number of rotatable bonds is 5. The molecule has 0 amide bonds. The normalized spacial score (nSPS) is 15.5. The van der Waals surface area contributed by atoms with Crippen LogP contribution in [0.4, 0.5) is 17.1 Å². The summed E-state index contributed by atoms with van der Waals surface area (Å²) in [5, 5.41) is 2.39. The predicted molar refractivity (Wildman–Crippen MR) is 298 cm³/mol. The quantitative estimate of drug-likeness (QED) is 0.171. The molecule has 0 unspecified atom stereocenters. The van der Waals surface area contributed by atoms with Gasteiger partial charge in [-0.15, -0.1) is 0 Å². The minimum Gasteiger partial charge on any atom is -0.456 e. The smallest absolute Gasteiger partial charge is 0.139 e. The molecule has 13 rings (SSSR count). The lowest BCUT2D eigenvalue weighted by Gasteiger charge is -2.35. The highest BCUT2D eigenvalue weighted by Gasteiger charge is 2.46. The van der Waals surface area contributed by atoms with E-state index in [2.05, 4.69) is 262 Å². The number of benzene rings is 9. The first-order valence-corrected chi connectivity index (χ1v) is 25.6. The van der Waals surface area contributed by atoms with Crippen LogP contribution in [0, 0.1) is 0 Å². The molecular formula is C69H61NO. The summed E-state index contributed by atoms with van der Waals surface area (Å²) in [4.78, 5) is 2.54. The molecular weight excluding hydrogens is 859 g/mol. The molecule has 0 saturated heterocycles. The Balaban J connectivity index is 1.05. The number of fused-ring (bicyclic) bond motifs is 12. The first-order valence-electron chi connectivity index (χ1n) is 25.6. The predicted octanol–water partition coefficient (Wildman–Crippen LogP) is 18.6. The van der Waals surface area contributed by atoms with Crippen LogP contribution in [0.5, 0.6) is 0 Å². The summed E-state index contributed by atoms with van der Waals surface area (Å²) in [5.41, 5.74) is 25.2. The summed E-state index contributed by atoms with van der Waals surface area (Å²) in [6.07, 6.45) is 0. The molecule has 71 heavy (non-hydrogen) atoms. The van der Waals surface area contributed by atoms with E-state index < -0.39 is 5.41 Å². The van der Waals surface area contributed by atoms with Crippen molar-refractivity contribution in [3.63, 3.8) is 0 Å². The van der Waals surface area contributed by atoms with Gasteiger partial charge in [-0.25, -0.2) is 0 Å². The molecule has 0 atom stereocenters. The number of furan rings is 1. The SMILES string of the molecule is CC(C)(C)c1cc(C(C)(C)C)c2oc3cc4c(cc3c2c1)C(C)(C)c1cccc(N(c2ccc(C3(c5ccccc5)c5ccccc5-c5ccccc53)cc2)c2ccc3c(c2)C(C)(C)c2ccccc2-3)c1-4. The second-order valence-electron chi connectivity index (χ2n) is 23.7. The minimum absolute atomic E-state index is 0.00957. The van der Waals surface area contributed by atoms with E-state index in [4.69, 9.17) is 4.42 Å². The van der Waals surface area contributed by atoms with Gasteiger partial charge in [0.05, 0.1) is 11.1 Å². The fourth-order valence-electron chi connectivity index (χ4n) is 13.1. The van der Waals surface area contributed by atoms with E-state index in [0.717, 1.165) is 28.2 Å². The molecule has 0 radical (unpaired) electrons. The Labute approximate surface area is 419 Å². The van der Waals surface area contributed by atoms with Gasteiger partial charge in [0.25, 0.3) is 0 Å². The third-order valence-corrected chi connectivity index (χ3v) is 16.8. The van der Waals surface area contributed by atoms with Gasteiger partial charge < -0.3 is 9.32 Å². The third kappa shape index (κ3) is 6.07. The van der Waals surface area contributed by atoms with Crippen molar-refractivity contribution in [3.05, 3.63) is 244 Å². The highest BCUT2D eigenvalue weighted by Crippen LogP contribution is 2.59. The van der Waals surface area contributed by atoms with E-state index in [1.807, 2.05) is 0 Å². The monoisotopic (exact) mass is 919 g/mol. The van der Waals surface area contributed by atoms with Gasteiger partial charge in [-0.1, -0.05) is 209 Å². The number of nitrogens with zero attached hydrogens (tertiary/aromatic N) is 1. The van der Waals surface area contributed by atoms with Crippen molar-refractivity contribution in [2.24, 2.45) is 0 Å². The van der Waals surface area contributed by atoms with E-state index in [0.29, 0.717) is 0 Å². The molecule has 0 aliphatic heterocycles. The van der Waals surface area contributed by atoms with Gasteiger partial charge in [0, 0.05) is 44.1 Å². The molecule has 9 aromatic carbocycles. The largest absolute Gasteiger partial charge is 0.456 e. The summed E-state index contributed by atoms with van der Waals surface area (Å²) in [5.74, 6) is 0. The Bertz CT molecular complexity index is 3780. The molecule has 1 heterocycles. The molecule has 0 fully saturated rings. The Hall–Kier alpha value is -7.42. The summed E-state index contributed by atoms with van der Waals surface area (Å²) < 4.78 is 7.10. The molecule has 3 aliphatic carbocycles. The van der Waals surface area contributed by atoms with Crippen molar-refractivity contribution in [2.45, 2.75) is 96.3 Å². The molecule has 348 valence electrons. The van der Waals surface area contributed by atoms with Crippen molar-refractivity contribution in [3.8, 4) is 33.4 Å². The van der Waals surface area contributed by atoms with Crippen LogP contribution in [0.25, 0.3) is 55.3 Å². The third-order valence-electron chi connectivity index (χ3n) is 16.8. The zero-order chi connectivity index (χ0) is 49.0. The van der Waals surface area contributed by atoms with Crippen molar-refractivity contribution in [2.75, 3.05) is 4.90 Å². The fourth-order valence-corrected chi connectivity index (χ4v) is 13.1. The first-order chi connectivity index (χ1) is 34.0. The van der Waals surface area contributed by atoms with Crippen LogP contribution in [-0.4, -0.2) is 0 Å². The molecule has 1 aromatic heterocycles. The maximum Gasteiger partial charge on any atom is 0.139 e. The van der Waals surface area contributed by atoms with Crippen LogP contribution in [0.15, 0.2) is 192 Å². The Morgan fingerprint density at radius 1 is 0.394 bits per heavy atom. The molecule has 0 bridgehead atoms. The van der Waals surface area contributed by atoms with Crippen LogP contribution in [0.1, 0.15) is 125 Å². The van der Waals surface area contributed by atoms with Gasteiger partial charge in [0.2, 0.25) is 0 Å². The highest BCUT2D eigenvalue weighted by atomic mass is 16.3. The zero-order valence-electron chi connectivity index (χ0n) is 42.8. The van der Waals surface area contributed by atoms with Crippen LogP contribution in [0.2, 0.25) is 0 Å². The molecule has 10 aromatic rings. The van der Waals surface area contributed by atoms with Gasteiger partial charge >= 0.3 is 0 Å². The van der Waals surface area contributed by atoms with E-state index in [1.165, 1.54) is 99.8 Å². The van der Waals surface area contributed by atoms with Gasteiger partial charge in [0.15, 0.2) is 0 Å². The topological polar surface area (TPSA) is 16.4 Å². The lowest BCUT2D eigenvalue weighted by molar-refractivity contribution is 0.559. The van der Waals surface area contributed by atoms with Crippen molar-refractivity contribution >= 4 is 39.0 Å². The van der Waals surface area contributed by atoms with Gasteiger partial charge in [0.1, 0.15) is 11.2 Å². The standard InChI is InChI=1S/C69H61NO/c1-65(2,3)44-37-52-51-40-59-53(41-62(51)71-64(52)60(38-44)66(4,5)6)63-57(68(59,9)10)29-20-30-61(63)70(46-35-36-50-47-23-14-17-26-54(47)67(7,8)58(50)39-46)45-33-31-43(32-34-45)69(42-21-12-11-13-22-42)55-27-18-15-24-48(55)49-25-16-19-28-56(49)69/h11-41H,1-10H3. The second kappa shape index (κ2) is 14.8. The van der Waals surface area contributed by atoms with Crippen LogP contribution in [-0.2, 0) is 27.1 Å². The first kappa shape index (κ1) is 43.6. The Morgan fingerprint density at radius 2 is 0.930 bits per heavy atom. The molecule has 0 saturated carbocycles.